The highest BCUT2D eigenvalue weighted by Crippen LogP contribution is 2.26. The highest BCUT2D eigenvalue weighted by atomic mass is 16.3. The van der Waals surface area contributed by atoms with Crippen LogP contribution in [-0.4, -0.2) is 50.7 Å². The number of pyridine rings is 1. The summed E-state index contributed by atoms with van der Waals surface area (Å²) in [6.07, 6.45) is 6.86. The zero-order valence-corrected chi connectivity index (χ0v) is 26.3. The third-order valence-corrected chi connectivity index (χ3v) is 7.77. The van der Waals surface area contributed by atoms with E-state index in [9.17, 15) is 5.11 Å². The maximum atomic E-state index is 10.6. The zero-order valence-electron chi connectivity index (χ0n) is 26.3. The lowest BCUT2D eigenvalue weighted by molar-refractivity contribution is 0.274. The van der Waals surface area contributed by atoms with Gasteiger partial charge < -0.3 is 25.2 Å². The van der Waals surface area contributed by atoms with Crippen LogP contribution >= 0.6 is 0 Å². The van der Waals surface area contributed by atoms with Crippen molar-refractivity contribution in [2.75, 3.05) is 36.8 Å². The molecular weight excluding hydrogens is 520 g/mol. The van der Waals surface area contributed by atoms with E-state index in [0.717, 1.165) is 68.2 Å². The molecule has 0 aliphatic carbocycles. The van der Waals surface area contributed by atoms with Gasteiger partial charge >= 0.3 is 0 Å². The summed E-state index contributed by atoms with van der Waals surface area (Å²) >= 11 is 0. The molecule has 42 heavy (non-hydrogen) atoms. The monoisotopic (exact) mass is 570 g/mol. The van der Waals surface area contributed by atoms with E-state index in [4.69, 9.17) is 4.98 Å². The van der Waals surface area contributed by atoms with Gasteiger partial charge in [0.2, 0.25) is 5.95 Å². The van der Waals surface area contributed by atoms with Crippen molar-refractivity contribution in [1.29, 1.82) is 0 Å². The largest absolute Gasteiger partial charge is 0.506 e. The summed E-state index contributed by atoms with van der Waals surface area (Å²) in [6.45, 7) is 16.2. The second-order valence-corrected chi connectivity index (χ2v) is 11.5. The number of hydrogen-bond acceptors (Lipinski definition) is 6. The first-order chi connectivity index (χ1) is 20.4. The van der Waals surface area contributed by atoms with Crippen molar-refractivity contribution in [3.05, 3.63) is 76.6 Å². The van der Waals surface area contributed by atoms with E-state index in [1.165, 1.54) is 48.1 Å². The van der Waals surface area contributed by atoms with Crippen molar-refractivity contribution >= 4 is 22.7 Å². The van der Waals surface area contributed by atoms with Gasteiger partial charge in [-0.15, -0.1) is 0 Å². The van der Waals surface area contributed by atoms with Crippen molar-refractivity contribution in [2.45, 2.75) is 86.2 Å². The van der Waals surface area contributed by atoms with Crippen molar-refractivity contribution in [3.8, 4) is 5.75 Å². The average Bonchev–Trinajstić information content (AvgIpc) is 3.32. The lowest BCUT2D eigenvalue weighted by atomic mass is 10.0. The number of benzene rings is 2. The molecule has 4 aromatic rings. The van der Waals surface area contributed by atoms with Gasteiger partial charge in [-0.25, -0.2) is 4.98 Å². The lowest BCUT2D eigenvalue weighted by Gasteiger charge is -2.21. The highest BCUT2D eigenvalue weighted by molar-refractivity contribution is 5.80. The SMILES string of the molecule is CCCCc1ccc(C)cc1NCc1ccc2nc(NCCCN(CCC)CCC)n(Cc3nc(C)ccc3O)c2c1. The zero-order chi connectivity index (χ0) is 29.9. The molecular formula is C35H50N6O. The van der Waals surface area contributed by atoms with E-state index in [2.05, 4.69) is 89.2 Å². The molecule has 2 aromatic carbocycles. The van der Waals surface area contributed by atoms with Crippen molar-refractivity contribution in [2.24, 2.45) is 0 Å². The number of unbranched alkanes of at least 4 members (excludes halogenated alkanes) is 1. The van der Waals surface area contributed by atoms with Crippen LogP contribution in [0.4, 0.5) is 11.6 Å². The van der Waals surface area contributed by atoms with Crippen molar-refractivity contribution in [3.63, 3.8) is 0 Å². The molecule has 0 amide bonds. The second-order valence-electron chi connectivity index (χ2n) is 11.5. The number of nitrogens with zero attached hydrogens (tertiary/aromatic N) is 4. The van der Waals surface area contributed by atoms with Crippen LogP contribution in [0.2, 0.25) is 0 Å². The number of hydrogen-bond donors (Lipinski definition) is 3. The maximum Gasteiger partial charge on any atom is 0.204 e. The summed E-state index contributed by atoms with van der Waals surface area (Å²) in [5, 5.41) is 17.9. The van der Waals surface area contributed by atoms with Gasteiger partial charge in [-0.1, -0.05) is 45.4 Å². The van der Waals surface area contributed by atoms with Gasteiger partial charge in [0.15, 0.2) is 0 Å². The molecule has 0 atom stereocenters. The van der Waals surface area contributed by atoms with E-state index in [1.807, 2.05) is 13.0 Å². The number of fused-ring (bicyclic) bond motifs is 1. The summed E-state index contributed by atoms with van der Waals surface area (Å²) in [7, 11) is 0. The molecule has 0 saturated carbocycles. The first kappa shape index (κ1) is 31.4. The van der Waals surface area contributed by atoms with Crippen LogP contribution in [0.5, 0.6) is 5.75 Å². The molecule has 0 aliphatic heterocycles. The van der Waals surface area contributed by atoms with E-state index < -0.39 is 0 Å². The molecule has 0 saturated heterocycles. The molecule has 0 radical (unpaired) electrons. The van der Waals surface area contributed by atoms with Crippen LogP contribution < -0.4 is 10.6 Å². The first-order valence-corrected chi connectivity index (χ1v) is 15.9. The smallest absolute Gasteiger partial charge is 0.204 e. The normalized spacial score (nSPS) is 11.5. The number of aromatic hydroxyl groups is 1. The van der Waals surface area contributed by atoms with Crippen LogP contribution in [0.25, 0.3) is 11.0 Å². The predicted octanol–water partition coefficient (Wildman–Crippen LogP) is 7.68. The summed E-state index contributed by atoms with van der Waals surface area (Å²) in [6, 6.07) is 16.8. The minimum atomic E-state index is 0.208. The molecule has 0 bridgehead atoms. The van der Waals surface area contributed by atoms with Crippen molar-refractivity contribution in [1.82, 2.24) is 19.4 Å². The lowest BCUT2D eigenvalue weighted by Crippen LogP contribution is -2.28. The molecule has 0 unspecified atom stereocenters. The van der Waals surface area contributed by atoms with Gasteiger partial charge in [0.05, 0.1) is 17.6 Å². The molecule has 0 spiro atoms. The predicted molar refractivity (Wildman–Crippen MR) is 177 cm³/mol. The quantitative estimate of drug-likeness (QED) is 0.113. The van der Waals surface area contributed by atoms with E-state index >= 15 is 0 Å². The van der Waals surface area contributed by atoms with Crippen LogP contribution in [0.1, 0.15) is 81.0 Å². The Morgan fingerprint density at radius 1 is 0.833 bits per heavy atom. The number of nitrogens with one attached hydrogen (secondary N) is 2. The third-order valence-electron chi connectivity index (χ3n) is 7.77. The second kappa shape index (κ2) is 15.6. The van der Waals surface area contributed by atoms with Crippen LogP contribution in [-0.2, 0) is 19.5 Å². The third kappa shape index (κ3) is 8.48. The topological polar surface area (TPSA) is 78.2 Å². The Hall–Kier alpha value is -3.58. The number of aromatic nitrogens is 3. The molecule has 7 nitrogen and oxygen atoms in total. The van der Waals surface area contributed by atoms with E-state index in [0.29, 0.717) is 12.2 Å². The number of anilines is 2. The average molecular weight is 571 g/mol. The van der Waals surface area contributed by atoms with Crippen molar-refractivity contribution < 1.29 is 5.11 Å². The summed E-state index contributed by atoms with van der Waals surface area (Å²) in [5.74, 6) is 1.02. The molecule has 2 aromatic heterocycles. The summed E-state index contributed by atoms with van der Waals surface area (Å²) in [5.41, 5.74) is 8.55. The van der Waals surface area contributed by atoms with Gasteiger partial charge in [0, 0.05) is 24.5 Å². The Labute approximate surface area is 252 Å². The molecule has 4 rings (SSSR count). The molecule has 3 N–H and O–H groups in total. The Kier molecular flexibility index (Phi) is 11.6. The molecule has 0 fully saturated rings. The Morgan fingerprint density at radius 3 is 2.40 bits per heavy atom. The minimum Gasteiger partial charge on any atom is -0.506 e. The number of imidazole rings is 1. The fraction of sp³-hybridized carbons (Fsp3) is 0.486. The highest BCUT2D eigenvalue weighted by Gasteiger charge is 2.15. The van der Waals surface area contributed by atoms with Gasteiger partial charge in [0.25, 0.3) is 0 Å². The first-order valence-electron chi connectivity index (χ1n) is 15.9. The Bertz CT molecular complexity index is 1420. The summed E-state index contributed by atoms with van der Waals surface area (Å²) < 4.78 is 2.16. The number of rotatable bonds is 17. The Morgan fingerprint density at radius 2 is 1.64 bits per heavy atom. The van der Waals surface area contributed by atoms with Crippen LogP contribution in [0.3, 0.4) is 0 Å². The molecule has 2 heterocycles. The van der Waals surface area contributed by atoms with Crippen LogP contribution in [0.15, 0.2) is 48.5 Å². The van der Waals surface area contributed by atoms with Gasteiger partial charge in [-0.05, 0) is 113 Å². The summed E-state index contributed by atoms with van der Waals surface area (Å²) in [4.78, 5) is 12.2. The van der Waals surface area contributed by atoms with Crippen LogP contribution in [0, 0.1) is 13.8 Å². The van der Waals surface area contributed by atoms with Gasteiger partial charge in [-0.2, -0.15) is 0 Å². The van der Waals surface area contributed by atoms with E-state index in [-0.39, 0.29) is 5.75 Å². The molecule has 7 heteroatoms. The Balaban J connectivity index is 1.57. The molecule has 0 aliphatic rings. The molecule has 226 valence electrons. The fourth-order valence-corrected chi connectivity index (χ4v) is 5.55. The maximum absolute atomic E-state index is 10.6. The van der Waals surface area contributed by atoms with Gasteiger partial charge in [-0.3, -0.25) is 4.98 Å². The van der Waals surface area contributed by atoms with Gasteiger partial charge in [0.1, 0.15) is 11.4 Å². The van der Waals surface area contributed by atoms with E-state index in [1.54, 1.807) is 6.07 Å². The minimum absolute atomic E-state index is 0.208. The fourth-order valence-electron chi connectivity index (χ4n) is 5.55. The standard InChI is InChI=1S/C35H50N6O/c1-6-9-11-29-15-12-26(4)22-31(29)37-24-28-14-16-30-33(23-28)41(25-32-34(42)17-13-27(5)38-32)35(39-30)36-18-10-21-40(19-7-2)20-8-3/h12-17,22-23,37,42H,6-11,18-21,24-25H2,1-5H3,(H,36,39). The number of aryl methyl sites for hydroxylation is 3.